The number of para-hydroxylation sites is 1. The molecule has 1 heterocycles. The maximum Gasteiger partial charge on any atom is 0.221 e. The fourth-order valence-electron chi connectivity index (χ4n) is 3.15. The summed E-state index contributed by atoms with van der Waals surface area (Å²) in [5.74, 6) is -0.0431. The van der Waals surface area contributed by atoms with E-state index >= 15 is 0 Å². The number of H-pyrrole nitrogens is 1. The number of fused-ring (bicyclic) bond motifs is 1. The van der Waals surface area contributed by atoms with Crippen LogP contribution in [0.5, 0.6) is 0 Å². The molecule has 3 rings (SSSR count). The van der Waals surface area contributed by atoms with Gasteiger partial charge in [-0.2, -0.15) is 0 Å². The van der Waals surface area contributed by atoms with E-state index in [1.807, 2.05) is 55.6 Å². The molecule has 2 atom stereocenters. The predicted octanol–water partition coefficient (Wildman–Crippen LogP) is 5.26. The van der Waals surface area contributed by atoms with Gasteiger partial charge in [-0.15, -0.1) is 0 Å². The number of carbonyl (C=O) groups is 1. The van der Waals surface area contributed by atoms with Gasteiger partial charge in [0.1, 0.15) is 0 Å². The monoisotopic (exact) mass is 354 g/mol. The van der Waals surface area contributed by atoms with Crippen molar-refractivity contribution in [1.82, 2.24) is 10.3 Å². The van der Waals surface area contributed by atoms with Gasteiger partial charge >= 0.3 is 0 Å². The Labute approximate surface area is 153 Å². The van der Waals surface area contributed by atoms with Gasteiger partial charge in [-0.05, 0) is 36.6 Å². The van der Waals surface area contributed by atoms with Gasteiger partial charge in [0.25, 0.3) is 0 Å². The van der Waals surface area contributed by atoms with Crippen LogP contribution in [0.25, 0.3) is 10.9 Å². The zero-order valence-electron chi connectivity index (χ0n) is 14.6. The second kappa shape index (κ2) is 7.75. The van der Waals surface area contributed by atoms with Crippen LogP contribution in [-0.2, 0) is 4.79 Å². The van der Waals surface area contributed by atoms with E-state index in [1.165, 1.54) is 0 Å². The Morgan fingerprint density at radius 3 is 2.60 bits per heavy atom. The van der Waals surface area contributed by atoms with Gasteiger partial charge < -0.3 is 10.3 Å². The molecular weight excluding hydrogens is 332 g/mol. The van der Waals surface area contributed by atoms with E-state index in [-0.39, 0.29) is 17.9 Å². The van der Waals surface area contributed by atoms with Crippen molar-refractivity contribution < 1.29 is 4.79 Å². The van der Waals surface area contributed by atoms with Crippen LogP contribution in [0.1, 0.15) is 43.7 Å². The molecule has 2 N–H and O–H groups in total. The van der Waals surface area contributed by atoms with Crippen LogP contribution in [0.4, 0.5) is 0 Å². The summed E-state index contributed by atoms with van der Waals surface area (Å²) in [5, 5.41) is 4.88. The minimum absolute atomic E-state index is 0.0459. The highest BCUT2D eigenvalue weighted by Gasteiger charge is 2.23. The van der Waals surface area contributed by atoms with Gasteiger partial charge in [-0.1, -0.05) is 54.9 Å². The average molecular weight is 355 g/mol. The summed E-state index contributed by atoms with van der Waals surface area (Å²) in [6.07, 6.45) is 3.28. The highest BCUT2D eigenvalue weighted by molar-refractivity contribution is 6.31. The fraction of sp³-hybridized carbons (Fsp3) is 0.286. The van der Waals surface area contributed by atoms with Crippen LogP contribution in [0.15, 0.2) is 54.7 Å². The number of halogens is 1. The molecule has 3 aromatic rings. The third kappa shape index (κ3) is 3.88. The van der Waals surface area contributed by atoms with Gasteiger partial charge in [-0.25, -0.2) is 0 Å². The van der Waals surface area contributed by atoms with E-state index < -0.39 is 0 Å². The maximum atomic E-state index is 12.6. The molecule has 0 spiro atoms. The molecule has 0 aliphatic carbocycles. The number of amides is 1. The van der Waals surface area contributed by atoms with Gasteiger partial charge in [0, 0.05) is 40.5 Å². The first-order chi connectivity index (χ1) is 12.1. The number of hydrogen-bond acceptors (Lipinski definition) is 1. The zero-order chi connectivity index (χ0) is 17.8. The lowest BCUT2D eigenvalue weighted by molar-refractivity contribution is -0.121. The lowest BCUT2D eigenvalue weighted by Gasteiger charge is -2.20. The fourth-order valence-corrected chi connectivity index (χ4v) is 3.42. The summed E-state index contributed by atoms with van der Waals surface area (Å²) in [7, 11) is 0. The summed E-state index contributed by atoms with van der Waals surface area (Å²) < 4.78 is 0. The topological polar surface area (TPSA) is 44.9 Å². The summed E-state index contributed by atoms with van der Waals surface area (Å²) in [6, 6.07) is 16.1. The summed E-state index contributed by atoms with van der Waals surface area (Å²) in [4.78, 5) is 15.9. The SMILES string of the molecule is CCC(C)NC(=O)CC(c1ccccc1Cl)c1c[nH]c2ccccc12. The van der Waals surface area contributed by atoms with E-state index in [0.29, 0.717) is 11.4 Å². The molecular formula is C21H23ClN2O. The molecule has 0 aliphatic heterocycles. The molecule has 25 heavy (non-hydrogen) atoms. The minimum atomic E-state index is -0.0890. The lowest BCUT2D eigenvalue weighted by atomic mass is 9.88. The molecule has 0 saturated carbocycles. The molecule has 0 fully saturated rings. The summed E-state index contributed by atoms with van der Waals surface area (Å²) >= 11 is 6.46. The second-order valence-corrected chi connectivity index (χ2v) is 6.85. The lowest BCUT2D eigenvalue weighted by Crippen LogP contribution is -2.33. The van der Waals surface area contributed by atoms with Crippen molar-refractivity contribution in [2.75, 3.05) is 0 Å². The van der Waals surface area contributed by atoms with Crippen LogP contribution in [-0.4, -0.2) is 16.9 Å². The molecule has 0 saturated heterocycles. The predicted molar refractivity (Wildman–Crippen MR) is 104 cm³/mol. The van der Waals surface area contributed by atoms with Crippen molar-refractivity contribution in [2.45, 2.75) is 38.6 Å². The van der Waals surface area contributed by atoms with Crippen LogP contribution in [0.3, 0.4) is 0 Å². The smallest absolute Gasteiger partial charge is 0.221 e. The van der Waals surface area contributed by atoms with Crippen LogP contribution in [0.2, 0.25) is 5.02 Å². The van der Waals surface area contributed by atoms with E-state index in [2.05, 4.69) is 23.3 Å². The summed E-state index contributed by atoms with van der Waals surface area (Å²) in [6.45, 7) is 4.09. The van der Waals surface area contributed by atoms with E-state index in [0.717, 1.165) is 28.5 Å². The first-order valence-electron chi connectivity index (χ1n) is 8.70. The van der Waals surface area contributed by atoms with Crippen LogP contribution < -0.4 is 5.32 Å². The van der Waals surface area contributed by atoms with Crippen molar-refractivity contribution in [3.05, 3.63) is 70.9 Å². The Kier molecular flexibility index (Phi) is 5.44. The zero-order valence-corrected chi connectivity index (χ0v) is 15.3. The van der Waals surface area contributed by atoms with Crippen molar-refractivity contribution in [2.24, 2.45) is 0 Å². The van der Waals surface area contributed by atoms with Gasteiger partial charge in [0.2, 0.25) is 5.91 Å². The van der Waals surface area contributed by atoms with Crippen molar-refractivity contribution in [3.8, 4) is 0 Å². The Bertz CT molecular complexity index is 871. The van der Waals surface area contributed by atoms with E-state index in [1.54, 1.807) is 0 Å². The summed E-state index contributed by atoms with van der Waals surface area (Å²) in [5.41, 5.74) is 3.15. The highest BCUT2D eigenvalue weighted by Crippen LogP contribution is 2.36. The molecule has 1 aromatic heterocycles. The number of hydrogen-bond donors (Lipinski definition) is 2. The standard InChI is InChI=1S/C21H23ClN2O/c1-3-14(2)24-21(25)12-17(15-8-4-6-10-19(15)22)18-13-23-20-11-7-5-9-16(18)20/h4-11,13-14,17,23H,3,12H2,1-2H3,(H,24,25). The Morgan fingerprint density at radius 1 is 1.12 bits per heavy atom. The molecule has 0 radical (unpaired) electrons. The average Bonchev–Trinajstić information content (AvgIpc) is 3.04. The number of nitrogens with one attached hydrogen (secondary N) is 2. The molecule has 3 nitrogen and oxygen atoms in total. The van der Waals surface area contributed by atoms with Gasteiger partial charge in [0.05, 0.1) is 0 Å². The van der Waals surface area contributed by atoms with Crippen molar-refractivity contribution >= 4 is 28.4 Å². The quantitative estimate of drug-likeness (QED) is 0.623. The minimum Gasteiger partial charge on any atom is -0.361 e. The van der Waals surface area contributed by atoms with Gasteiger partial charge in [0.15, 0.2) is 0 Å². The number of carbonyl (C=O) groups excluding carboxylic acids is 1. The Morgan fingerprint density at radius 2 is 1.84 bits per heavy atom. The van der Waals surface area contributed by atoms with Crippen molar-refractivity contribution in [3.63, 3.8) is 0 Å². The molecule has 130 valence electrons. The molecule has 1 amide bonds. The largest absolute Gasteiger partial charge is 0.361 e. The van der Waals surface area contributed by atoms with Crippen LogP contribution in [0, 0.1) is 0 Å². The number of aromatic amines is 1. The number of benzene rings is 2. The number of aromatic nitrogens is 1. The molecule has 2 aromatic carbocycles. The highest BCUT2D eigenvalue weighted by atomic mass is 35.5. The molecule has 0 aliphatic rings. The number of rotatable bonds is 6. The normalized spacial score (nSPS) is 13.6. The van der Waals surface area contributed by atoms with E-state index in [9.17, 15) is 4.79 Å². The Balaban J connectivity index is 2.01. The van der Waals surface area contributed by atoms with E-state index in [4.69, 9.17) is 11.6 Å². The Hall–Kier alpha value is -2.26. The second-order valence-electron chi connectivity index (χ2n) is 6.44. The first-order valence-corrected chi connectivity index (χ1v) is 9.07. The maximum absolute atomic E-state index is 12.6. The first kappa shape index (κ1) is 17.6. The van der Waals surface area contributed by atoms with Crippen molar-refractivity contribution in [1.29, 1.82) is 0 Å². The third-order valence-corrected chi connectivity index (χ3v) is 5.03. The van der Waals surface area contributed by atoms with Crippen LogP contribution >= 0.6 is 11.6 Å². The molecule has 2 unspecified atom stereocenters. The third-order valence-electron chi connectivity index (χ3n) is 4.69. The molecule has 0 bridgehead atoms. The van der Waals surface area contributed by atoms with Gasteiger partial charge in [-0.3, -0.25) is 4.79 Å². The molecule has 4 heteroatoms.